The van der Waals surface area contributed by atoms with Gasteiger partial charge in [-0.1, -0.05) is 17.7 Å². The summed E-state index contributed by atoms with van der Waals surface area (Å²) in [5, 5.41) is 19.4. The maximum atomic E-state index is 13.2. The minimum absolute atomic E-state index is 0.292. The highest BCUT2D eigenvalue weighted by Gasteiger charge is 2.67. The lowest BCUT2D eigenvalue weighted by atomic mass is 9.86. The van der Waals surface area contributed by atoms with Crippen LogP contribution in [0.5, 0.6) is 0 Å². The van der Waals surface area contributed by atoms with Gasteiger partial charge in [-0.05, 0) is 19.4 Å². The van der Waals surface area contributed by atoms with E-state index in [9.17, 15) is 19.9 Å². The number of nitriles is 2. The van der Waals surface area contributed by atoms with Gasteiger partial charge < -0.3 is 14.4 Å². The zero-order chi connectivity index (χ0) is 17.4. The first-order valence-electron chi connectivity index (χ1n) is 6.76. The maximum absolute atomic E-state index is 13.2. The van der Waals surface area contributed by atoms with Gasteiger partial charge in [0, 0.05) is 25.5 Å². The molecule has 0 spiro atoms. The van der Waals surface area contributed by atoms with Crippen molar-refractivity contribution in [3.05, 3.63) is 28.8 Å². The molecule has 1 N–H and O–H groups in total. The van der Waals surface area contributed by atoms with E-state index in [4.69, 9.17) is 9.05 Å². The van der Waals surface area contributed by atoms with Crippen molar-refractivity contribution < 1.29 is 18.4 Å². The van der Waals surface area contributed by atoms with Crippen molar-refractivity contribution in [2.24, 2.45) is 5.92 Å². The van der Waals surface area contributed by atoms with Gasteiger partial charge in [0.15, 0.2) is 5.92 Å². The van der Waals surface area contributed by atoms with E-state index in [1.165, 1.54) is 0 Å². The molecule has 1 heterocycles. The summed E-state index contributed by atoms with van der Waals surface area (Å²) in [5.74, 6) is -2.27. The van der Waals surface area contributed by atoms with Crippen LogP contribution in [0.25, 0.3) is 0 Å². The first-order valence-corrected chi connectivity index (χ1v) is 8.30. The monoisotopic (exact) mass is 333 g/mol. The molecule has 0 fully saturated rings. The number of carbonyl (C=O) groups is 1. The van der Waals surface area contributed by atoms with Crippen molar-refractivity contribution in [2.45, 2.75) is 19.0 Å². The largest absolute Gasteiger partial charge is 0.352 e. The lowest BCUT2D eigenvalue weighted by molar-refractivity contribution is -0.119. The molecule has 0 aromatic heterocycles. The van der Waals surface area contributed by atoms with Crippen molar-refractivity contribution >= 4 is 19.2 Å². The highest BCUT2D eigenvalue weighted by atomic mass is 31.2. The molecule has 1 aromatic carbocycles. The summed E-state index contributed by atoms with van der Waals surface area (Å²) in [7, 11) is -1.87. The van der Waals surface area contributed by atoms with Crippen LogP contribution in [-0.2, 0) is 23.6 Å². The molecule has 1 amide bonds. The van der Waals surface area contributed by atoms with Gasteiger partial charge >= 0.3 is 7.60 Å². The number of anilines is 1. The molecule has 0 saturated heterocycles. The number of hydrogen-bond acceptors (Lipinski definition) is 6. The van der Waals surface area contributed by atoms with E-state index in [-0.39, 0.29) is 0 Å². The van der Waals surface area contributed by atoms with Crippen LogP contribution in [0.4, 0.5) is 5.69 Å². The van der Waals surface area contributed by atoms with Crippen LogP contribution in [0.15, 0.2) is 12.1 Å². The Morgan fingerprint density at radius 3 is 2.26 bits per heavy atom. The van der Waals surface area contributed by atoms with Crippen molar-refractivity contribution in [2.75, 3.05) is 19.5 Å². The summed E-state index contributed by atoms with van der Waals surface area (Å²) in [5.41, 5.74) is 2.27. The van der Waals surface area contributed by atoms with Gasteiger partial charge in [-0.2, -0.15) is 10.5 Å². The Hall–Kier alpha value is -2.18. The van der Waals surface area contributed by atoms with E-state index >= 15 is 0 Å². The molecule has 8 heteroatoms. The number of aryl methyl sites for hydroxylation is 2. The average molecular weight is 333 g/mol. The molecule has 7 nitrogen and oxygen atoms in total. The zero-order valence-electron chi connectivity index (χ0n) is 13.2. The first kappa shape index (κ1) is 17.2. The van der Waals surface area contributed by atoms with E-state index in [1.54, 1.807) is 32.1 Å². The molecule has 2 rings (SSSR count). The molecule has 0 bridgehead atoms. The number of benzene rings is 1. The van der Waals surface area contributed by atoms with Crippen LogP contribution in [0, 0.1) is 42.4 Å². The fourth-order valence-corrected chi connectivity index (χ4v) is 4.99. The van der Waals surface area contributed by atoms with Crippen molar-refractivity contribution in [3.63, 3.8) is 0 Å². The summed E-state index contributed by atoms with van der Waals surface area (Å²) in [4.78, 5) is 12.8. The van der Waals surface area contributed by atoms with Crippen LogP contribution < -0.4 is 5.32 Å². The van der Waals surface area contributed by atoms with Gasteiger partial charge in [-0.3, -0.25) is 9.36 Å². The lowest BCUT2D eigenvalue weighted by Crippen LogP contribution is -2.41. The van der Waals surface area contributed by atoms with E-state index in [2.05, 4.69) is 5.32 Å². The fraction of sp³-hybridized carbons (Fsp3) is 0.400. The Bertz CT molecular complexity index is 786. The molecule has 23 heavy (non-hydrogen) atoms. The average Bonchev–Trinajstić information content (AvgIpc) is 2.82. The molecule has 120 valence electrons. The quantitative estimate of drug-likeness (QED) is 0.848. The lowest BCUT2D eigenvalue weighted by Gasteiger charge is -2.33. The molecule has 1 aromatic rings. The van der Waals surface area contributed by atoms with Crippen LogP contribution in [0.3, 0.4) is 0 Å². The number of rotatable bonds is 4. The van der Waals surface area contributed by atoms with E-state index in [1.807, 2.05) is 6.07 Å². The number of amides is 1. The third kappa shape index (κ3) is 2.09. The Morgan fingerprint density at radius 1 is 1.22 bits per heavy atom. The second-order valence-corrected chi connectivity index (χ2v) is 7.71. The molecule has 1 aliphatic rings. The molecule has 0 radical (unpaired) electrons. The van der Waals surface area contributed by atoms with Crippen molar-refractivity contribution in [3.8, 4) is 12.1 Å². The van der Waals surface area contributed by atoms with Crippen LogP contribution in [0.2, 0.25) is 0 Å². The van der Waals surface area contributed by atoms with E-state index in [0.29, 0.717) is 11.3 Å². The highest BCUT2D eigenvalue weighted by molar-refractivity contribution is 7.56. The number of hydrogen-bond donors (Lipinski definition) is 1. The Labute approximate surface area is 134 Å². The SMILES string of the molecule is COP(=O)(OC)[C@]1(C(C#N)C#N)C(=O)Nc2c(C)cc(C)cc21. The fourth-order valence-electron chi connectivity index (χ4n) is 3.06. The molecule has 0 aliphatic carbocycles. The van der Waals surface area contributed by atoms with Gasteiger partial charge in [0.05, 0.1) is 12.1 Å². The van der Waals surface area contributed by atoms with Crippen LogP contribution in [-0.4, -0.2) is 20.1 Å². The highest BCUT2D eigenvalue weighted by Crippen LogP contribution is 2.70. The second kappa shape index (κ2) is 5.79. The summed E-state index contributed by atoms with van der Waals surface area (Å²) in [6.07, 6.45) is 0. The van der Waals surface area contributed by atoms with Crippen molar-refractivity contribution in [1.82, 2.24) is 0 Å². The molecule has 1 atom stereocenters. The minimum atomic E-state index is -4.13. The maximum Gasteiger partial charge on any atom is 0.352 e. The number of nitrogens with one attached hydrogen (secondary N) is 1. The van der Waals surface area contributed by atoms with Gasteiger partial charge in [-0.25, -0.2) is 0 Å². The third-order valence-electron chi connectivity index (χ3n) is 4.06. The van der Waals surface area contributed by atoms with E-state index in [0.717, 1.165) is 25.3 Å². The second-order valence-electron chi connectivity index (χ2n) is 5.28. The topological polar surface area (TPSA) is 112 Å². The zero-order valence-corrected chi connectivity index (χ0v) is 14.1. The standard InChI is InChI=1S/C15H16N3O4P/c1-9-5-10(2)13-12(6-9)15(14(19)18-13,11(7-16)8-17)23(20,21-3)22-4/h5-6,11H,1-4H3,(H,18,19)/t15-/m0/s1. The normalized spacial score (nSPS) is 19.9. The Balaban J connectivity index is 2.98. The minimum Gasteiger partial charge on any atom is -0.324 e. The van der Waals surface area contributed by atoms with Gasteiger partial charge in [0.25, 0.3) is 0 Å². The van der Waals surface area contributed by atoms with Gasteiger partial charge in [-0.15, -0.1) is 0 Å². The number of fused-ring (bicyclic) bond motifs is 1. The van der Waals surface area contributed by atoms with Crippen LogP contribution in [0.1, 0.15) is 16.7 Å². The molecule has 0 unspecified atom stereocenters. The molecule has 0 saturated carbocycles. The predicted molar refractivity (Wildman–Crippen MR) is 82.6 cm³/mol. The van der Waals surface area contributed by atoms with Gasteiger partial charge in [0.2, 0.25) is 11.1 Å². The Kier molecular flexibility index (Phi) is 4.32. The Morgan fingerprint density at radius 2 is 1.78 bits per heavy atom. The summed E-state index contributed by atoms with van der Waals surface area (Å²) in [6.45, 7) is 3.58. The van der Waals surface area contributed by atoms with Crippen molar-refractivity contribution in [1.29, 1.82) is 10.5 Å². The third-order valence-corrected chi connectivity index (χ3v) is 6.59. The summed E-state index contributed by atoms with van der Waals surface area (Å²) >= 11 is 0. The summed E-state index contributed by atoms with van der Waals surface area (Å²) in [6, 6.07) is 7.00. The van der Waals surface area contributed by atoms with E-state index < -0.39 is 24.6 Å². The number of carbonyl (C=O) groups excluding carboxylic acids is 1. The van der Waals surface area contributed by atoms with Gasteiger partial charge in [0.1, 0.15) is 0 Å². The molecular formula is C15H16N3O4P. The molecule has 1 aliphatic heterocycles. The number of nitrogens with zero attached hydrogens (tertiary/aromatic N) is 2. The first-order chi connectivity index (χ1) is 10.8. The summed E-state index contributed by atoms with van der Waals surface area (Å²) < 4.78 is 23.3. The predicted octanol–water partition coefficient (Wildman–Crippen LogP) is 2.60. The smallest absolute Gasteiger partial charge is 0.324 e. The molecular weight excluding hydrogens is 317 g/mol. The van der Waals surface area contributed by atoms with Crippen LogP contribution >= 0.6 is 7.60 Å².